The van der Waals surface area contributed by atoms with Crippen LogP contribution in [0.5, 0.6) is 0 Å². The van der Waals surface area contributed by atoms with Gasteiger partial charge in [-0.05, 0) is 0 Å². The van der Waals surface area contributed by atoms with Gasteiger partial charge in [-0.2, -0.15) is 43.9 Å². The quantitative estimate of drug-likeness (QED) is 0.737. The molecule has 146 valence electrons. The Morgan fingerprint density at radius 3 is 1.44 bits per heavy atom. The molecule has 1 N–H and O–H groups in total. The predicted molar refractivity (Wildman–Crippen MR) is 55.0 cm³/mol. The fraction of sp³-hybridized carbons (Fsp3) is 0.571. The number of aromatic nitrogens is 2. The highest BCUT2D eigenvalue weighted by Gasteiger charge is 2.72. The van der Waals surface area contributed by atoms with E-state index < -0.39 is 52.6 Å². The lowest BCUT2D eigenvalue weighted by molar-refractivity contribution is -0.242. The van der Waals surface area contributed by atoms with Gasteiger partial charge in [0, 0.05) is 0 Å². The monoisotopic (exact) mass is 432 g/mol. The van der Waals surface area contributed by atoms with E-state index in [0.717, 1.165) is 4.98 Å². The number of halogens is 10. The summed E-state index contributed by atoms with van der Waals surface area (Å²) in [5.74, 6) is 0. The van der Waals surface area contributed by atoms with E-state index in [1.807, 2.05) is 0 Å². The first-order chi connectivity index (χ1) is 10.7. The summed E-state index contributed by atoms with van der Waals surface area (Å²) in [5, 5.41) is -19.1. The second kappa shape index (κ2) is 5.45. The van der Waals surface area contributed by atoms with Crippen LogP contribution in [-0.2, 0) is 19.7 Å². The average Bonchev–Trinajstić information content (AvgIpc) is 2.85. The van der Waals surface area contributed by atoms with Gasteiger partial charge in [0.25, 0.3) is 19.7 Å². The van der Waals surface area contributed by atoms with Crippen molar-refractivity contribution in [3.8, 4) is 0 Å². The fourth-order valence-electron chi connectivity index (χ4n) is 1.21. The highest BCUT2D eigenvalue weighted by atomic mass is 32.2. The first-order valence-electron chi connectivity index (χ1n) is 5.14. The molecule has 25 heavy (non-hydrogen) atoms. The van der Waals surface area contributed by atoms with Crippen molar-refractivity contribution in [1.82, 2.24) is 9.97 Å². The number of hydrogen-bond acceptors (Lipinski definition) is 5. The molecule has 6 nitrogen and oxygen atoms in total. The maximum absolute atomic E-state index is 13.0. The van der Waals surface area contributed by atoms with E-state index in [1.54, 1.807) is 0 Å². The Morgan fingerprint density at radius 2 is 1.08 bits per heavy atom. The van der Waals surface area contributed by atoms with E-state index in [-0.39, 0.29) is 6.33 Å². The molecule has 0 radical (unpaired) electrons. The van der Waals surface area contributed by atoms with E-state index in [0.29, 0.717) is 0 Å². The maximum Gasteiger partial charge on any atom is 0.469 e. The third-order valence-electron chi connectivity index (χ3n) is 2.43. The van der Waals surface area contributed by atoms with Crippen molar-refractivity contribution < 1.29 is 60.7 Å². The summed E-state index contributed by atoms with van der Waals surface area (Å²) in [6, 6.07) is 0. The molecule has 1 heterocycles. The summed E-state index contributed by atoms with van der Waals surface area (Å²) in [6.45, 7) is 0. The van der Waals surface area contributed by atoms with Crippen LogP contribution in [0.2, 0.25) is 0 Å². The van der Waals surface area contributed by atoms with Gasteiger partial charge in [-0.25, -0.2) is 21.8 Å². The van der Waals surface area contributed by atoms with Gasteiger partial charge >= 0.3 is 22.9 Å². The first-order valence-corrected chi connectivity index (χ1v) is 8.11. The SMILES string of the molecule is O=S(=O)(c1nc[nH]c1S(=O)(=O)C(F)(F)C(F)(F)F)C(F)(F)C(F)(F)F. The summed E-state index contributed by atoms with van der Waals surface area (Å²) in [6.07, 6.45) is -14.0. The van der Waals surface area contributed by atoms with Crippen molar-refractivity contribution in [1.29, 1.82) is 0 Å². The molecule has 0 aliphatic rings. The van der Waals surface area contributed by atoms with Crippen molar-refractivity contribution in [2.75, 3.05) is 0 Å². The average molecular weight is 432 g/mol. The Kier molecular flexibility index (Phi) is 4.68. The molecule has 1 aromatic heterocycles. The van der Waals surface area contributed by atoms with Crippen LogP contribution in [0, 0.1) is 0 Å². The minimum Gasteiger partial charge on any atom is -0.334 e. The van der Waals surface area contributed by atoms with Gasteiger partial charge in [0.2, 0.25) is 0 Å². The highest BCUT2D eigenvalue weighted by Crippen LogP contribution is 2.47. The lowest BCUT2D eigenvalue weighted by Gasteiger charge is -2.21. The van der Waals surface area contributed by atoms with E-state index in [1.165, 1.54) is 0 Å². The molecule has 0 saturated heterocycles. The number of H-pyrrole nitrogens is 1. The smallest absolute Gasteiger partial charge is 0.334 e. The lowest BCUT2D eigenvalue weighted by atomic mass is 10.7. The summed E-state index contributed by atoms with van der Waals surface area (Å²) < 4.78 is 170. The molecule has 0 aliphatic carbocycles. The van der Waals surface area contributed by atoms with Gasteiger partial charge < -0.3 is 4.98 Å². The van der Waals surface area contributed by atoms with Crippen LogP contribution in [0.25, 0.3) is 0 Å². The number of alkyl halides is 10. The second-order valence-corrected chi connectivity index (χ2v) is 7.91. The maximum atomic E-state index is 13.0. The lowest BCUT2D eigenvalue weighted by Crippen LogP contribution is -2.46. The highest BCUT2D eigenvalue weighted by molar-refractivity contribution is 7.95. The minimum atomic E-state index is -7.15. The Balaban J connectivity index is 3.74. The van der Waals surface area contributed by atoms with E-state index in [4.69, 9.17) is 0 Å². The molecule has 0 amide bonds. The van der Waals surface area contributed by atoms with Gasteiger partial charge in [-0.15, -0.1) is 0 Å². The van der Waals surface area contributed by atoms with Gasteiger partial charge in [0.15, 0.2) is 10.1 Å². The molecule has 0 spiro atoms. The number of imidazole rings is 1. The van der Waals surface area contributed by atoms with Gasteiger partial charge in [0.05, 0.1) is 6.33 Å². The summed E-state index contributed by atoms with van der Waals surface area (Å²) in [5.41, 5.74) is 0. The summed E-state index contributed by atoms with van der Waals surface area (Å²) >= 11 is 0. The van der Waals surface area contributed by atoms with Crippen LogP contribution in [0.1, 0.15) is 0 Å². The molecular weight excluding hydrogens is 430 g/mol. The number of nitrogens with one attached hydrogen (secondary N) is 1. The third kappa shape index (κ3) is 2.93. The Morgan fingerprint density at radius 1 is 0.720 bits per heavy atom. The van der Waals surface area contributed by atoms with Crippen molar-refractivity contribution in [3.05, 3.63) is 6.33 Å². The molecule has 0 aromatic carbocycles. The molecule has 18 heteroatoms. The molecule has 1 aromatic rings. The number of rotatable bonds is 4. The molecule has 0 saturated carbocycles. The van der Waals surface area contributed by atoms with Crippen LogP contribution in [-0.4, -0.2) is 49.7 Å². The topological polar surface area (TPSA) is 97.0 Å². The van der Waals surface area contributed by atoms with E-state index in [2.05, 4.69) is 4.98 Å². The fourth-order valence-corrected chi connectivity index (χ4v) is 3.96. The standard InChI is InChI=1S/C7H2F10N2O4S2/c8-4(9,10)6(14,15)24(20,21)2-3(19-1-18-2)25(22,23)7(16,17)5(11,12)13/h1H,(H,18,19). The van der Waals surface area contributed by atoms with E-state index in [9.17, 15) is 60.7 Å². The first kappa shape index (κ1) is 21.5. The van der Waals surface area contributed by atoms with Crippen LogP contribution in [0.15, 0.2) is 16.4 Å². The minimum absolute atomic E-state index is 0.265. The molecule has 1 rings (SSSR count). The van der Waals surface area contributed by atoms with Crippen molar-refractivity contribution in [3.63, 3.8) is 0 Å². The number of hydrogen-bond donors (Lipinski definition) is 1. The normalized spacial score (nSPS) is 15.4. The largest absolute Gasteiger partial charge is 0.469 e. The van der Waals surface area contributed by atoms with Crippen LogP contribution in [0.3, 0.4) is 0 Å². The molecule has 0 unspecified atom stereocenters. The number of nitrogens with zero attached hydrogens (tertiary/aromatic N) is 1. The zero-order valence-electron chi connectivity index (χ0n) is 10.8. The molecule has 0 fully saturated rings. The number of sulfone groups is 2. The zero-order valence-corrected chi connectivity index (χ0v) is 12.4. The third-order valence-corrected chi connectivity index (χ3v) is 6.04. The molecule has 0 aliphatic heterocycles. The van der Waals surface area contributed by atoms with Crippen LogP contribution < -0.4 is 0 Å². The van der Waals surface area contributed by atoms with E-state index >= 15 is 0 Å². The number of aromatic amines is 1. The molecule has 0 bridgehead atoms. The molecular formula is C7H2F10N2O4S2. The van der Waals surface area contributed by atoms with Crippen LogP contribution >= 0.6 is 0 Å². The Bertz CT molecular complexity index is 793. The van der Waals surface area contributed by atoms with Crippen molar-refractivity contribution in [2.45, 2.75) is 32.9 Å². The van der Waals surface area contributed by atoms with Crippen molar-refractivity contribution in [2.24, 2.45) is 0 Å². The Labute approximate surface area is 130 Å². The molecule has 0 atom stereocenters. The van der Waals surface area contributed by atoms with Gasteiger partial charge in [-0.3, -0.25) is 0 Å². The zero-order chi connectivity index (χ0) is 20.3. The van der Waals surface area contributed by atoms with Gasteiger partial charge in [0.1, 0.15) is 0 Å². The second-order valence-electron chi connectivity index (χ2n) is 4.07. The van der Waals surface area contributed by atoms with Gasteiger partial charge in [-0.1, -0.05) is 0 Å². The van der Waals surface area contributed by atoms with Crippen LogP contribution in [0.4, 0.5) is 43.9 Å². The summed E-state index contributed by atoms with van der Waals surface area (Å²) in [7, 11) is -14.3. The Hall–Kier alpha value is -1.59. The predicted octanol–water partition coefficient (Wildman–Crippen LogP) is 2.27. The summed E-state index contributed by atoms with van der Waals surface area (Å²) in [4.78, 5) is 3.12. The van der Waals surface area contributed by atoms with Crippen molar-refractivity contribution >= 4 is 19.7 Å².